The van der Waals surface area contributed by atoms with Gasteiger partial charge in [-0.1, -0.05) is 53.4 Å². The Bertz CT molecular complexity index is 399. The zero-order valence-corrected chi connectivity index (χ0v) is 13.6. The van der Waals surface area contributed by atoms with Crippen LogP contribution >= 0.6 is 0 Å². The van der Waals surface area contributed by atoms with Crippen LogP contribution in [0.3, 0.4) is 0 Å². The van der Waals surface area contributed by atoms with Gasteiger partial charge in [0.2, 0.25) is 5.88 Å². The fourth-order valence-corrected chi connectivity index (χ4v) is 1.84. The third-order valence-electron chi connectivity index (χ3n) is 3.13. The molecule has 0 bridgehead atoms. The van der Waals surface area contributed by atoms with Crippen LogP contribution in [-0.2, 0) is 5.41 Å². The lowest BCUT2D eigenvalue weighted by Crippen LogP contribution is -2.17. The van der Waals surface area contributed by atoms with E-state index in [4.69, 9.17) is 4.74 Å². The van der Waals surface area contributed by atoms with E-state index >= 15 is 0 Å². The van der Waals surface area contributed by atoms with Crippen LogP contribution in [0.1, 0.15) is 65.6 Å². The number of rotatable bonds is 8. The first kappa shape index (κ1) is 16.7. The molecule has 4 nitrogen and oxygen atoms in total. The molecule has 0 aliphatic rings. The largest absolute Gasteiger partial charge is 0.478 e. The van der Waals surface area contributed by atoms with Crippen molar-refractivity contribution in [3.63, 3.8) is 0 Å². The minimum absolute atomic E-state index is 0.0773. The molecule has 0 aromatic carbocycles. The van der Waals surface area contributed by atoms with Crippen molar-refractivity contribution >= 4 is 5.82 Å². The van der Waals surface area contributed by atoms with Crippen LogP contribution in [0.4, 0.5) is 5.82 Å². The molecule has 4 heteroatoms. The van der Waals surface area contributed by atoms with Crippen LogP contribution in [0.15, 0.2) is 6.07 Å². The molecule has 1 aromatic rings. The molecule has 20 heavy (non-hydrogen) atoms. The van der Waals surface area contributed by atoms with Gasteiger partial charge in [0.1, 0.15) is 11.6 Å². The zero-order valence-electron chi connectivity index (χ0n) is 13.6. The van der Waals surface area contributed by atoms with Crippen LogP contribution < -0.4 is 10.1 Å². The molecule has 0 unspecified atom stereocenters. The highest BCUT2D eigenvalue weighted by Gasteiger charge is 2.19. The van der Waals surface area contributed by atoms with Crippen LogP contribution in [-0.4, -0.2) is 23.6 Å². The fourth-order valence-electron chi connectivity index (χ4n) is 1.84. The number of anilines is 1. The lowest BCUT2D eigenvalue weighted by atomic mass is 9.96. The van der Waals surface area contributed by atoms with E-state index in [1.54, 1.807) is 0 Å². The molecule has 0 atom stereocenters. The van der Waals surface area contributed by atoms with Crippen molar-refractivity contribution in [2.75, 3.05) is 19.0 Å². The summed E-state index contributed by atoms with van der Waals surface area (Å²) in [4.78, 5) is 9.00. The quantitative estimate of drug-likeness (QED) is 0.726. The Morgan fingerprint density at radius 2 is 1.80 bits per heavy atom. The second-order valence-electron chi connectivity index (χ2n) is 6.18. The summed E-state index contributed by atoms with van der Waals surface area (Å²) in [7, 11) is 1.86. The number of hydrogen-bond donors (Lipinski definition) is 1. The highest BCUT2D eigenvalue weighted by molar-refractivity contribution is 5.38. The standard InChI is InChI=1S/C16H29N3O/c1-6-7-8-9-10-11-20-14-12-13(17-5)18-15(19-14)16(2,3)4/h12H,6-11H2,1-5H3,(H,17,18,19). The van der Waals surface area contributed by atoms with Gasteiger partial charge in [-0.05, 0) is 6.42 Å². The van der Waals surface area contributed by atoms with Gasteiger partial charge in [-0.15, -0.1) is 0 Å². The van der Waals surface area contributed by atoms with Gasteiger partial charge in [-0.25, -0.2) is 4.98 Å². The summed E-state index contributed by atoms with van der Waals surface area (Å²) in [5.41, 5.74) is -0.0773. The highest BCUT2D eigenvalue weighted by atomic mass is 16.5. The molecule has 1 N–H and O–H groups in total. The van der Waals surface area contributed by atoms with Crippen molar-refractivity contribution in [2.24, 2.45) is 0 Å². The van der Waals surface area contributed by atoms with E-state index in [2.05, 4.69) is 43.0 Å². The molecule has 0 saturated heterocycles. The van der Waals surface area contributed by atoms with Gasteiger partial charge < -0.3 is 10.1 Å². The van der Waals surface area contributed by atoms with Gasteiger partial charge in [0.05, 0.1) is 6.61 Å². The van der Waals surface area contributed by atoms with Crippen molar-refractivity contribution in [2.45, 2.75) is 65.2 Å². The third-order valence-corrected chi connectivity index (χ3v) is 3.13. The van der Waals surface area contributed by atoms with Crippen molar-refractivity contribution < 1.29 is 4.74 Å². The first-order chi connectivity index (χ1) is 9.47. The minimum Gasteiger partial charge on any atom is -0.478 e. The molecule has 114 valence electrons. The van der Waals surface area contributed by atoms with Crippen LogP contribution in [0.2, 0.25) is 0 Å². The summed E-state index contributed by atoms with van der Waals surface area (Å²) in [5, 5.41) is 3.07. The normalized spacial score (nSPS) is 11.4. The maximum Gasteiger partial charge on any atom is 0.218 e. The monoisotopic (exact) mass is 279 g/mol. The Balaban J connectivity index is 2.56. The number of ether oxygens (including phenoxy) is 1. The predicted octanol–water partition coefficient (Wildman–Crippen LogP) is 4.17. The molecule has 1 aromatic heterocycles. The Morgan fingerprint density at radius 1 is 1.10 bits per heavy atom. The Morgan fingerprint density at radius 3 is 2.40 bits per heavy atom. The van der Waals surface area contributed by atoms with E-state index in [-0.39, 0.29) is 5.41 Å². The average Bonchev–Trinajstić information content (AvgIpc) is 2.41. The van der Waals surface area contributed by atoms with Gasteiger partial charge >= 0.3 is 0 Å². The van der Waals surface area contributed by atoms with Gasteiger partial charge in [0.15, 0.2) is 0 Å². The van der Waals surface area contributed by atoms with Crippen molar-refractivity contribution in [3.05, 3.63) is 11.9 Å². The Kier molecular flexibility index (Phi) is 6.76. The smallest absolute Gasteiger partial charge is 0.218 e. The van der Waals surface area contributed by atoms with Gasteiger partial charge in [-0.2, -0.15) is 4.98 Å². The molecular formula is C16H29N3O. The average molecular weight is 279 g/mol. The number of hydrogen-bond acceptors (Lipinski definition) is 4. The van der Waals surface area contributed by atoms with Crippen molar-refractivity contribution in [3.8, 4) is 5.88 Å². The number of aromatic nitrogens is 2. The lowest BCUT2D eigenvalue weighted by molar-refractivity contribution is 0.290. The summed E-state index contributed by atoms with van der Waals surface area (Å²) in [6.45, 7) is 9.28. The van der Waals surface area contributed by atoms with Gasteiger partial charge in [0, 0.05) is 18.5 Å². The number of unbranched alkanes of at least 4 members (excludes halogenated alkanes) is 4. The van der Waals surface area contributed by atoms with Crippen LogP contribution in [0.25, 0.3) is 0 Å². The van der Waals surface area contributed by atoms with Gasteiger partial charge in [0.25, 0.3) is 0 Å². The molecule has 0 aliphatic carbocycles. The molecule has 0 radical (unpaired) electrons. The maximum absolute atomic E-state index is 5.77. The predicted molar refractivity (Wildman–Crippen MR) is 84.5 cm³/mol. The molecule has 0 saturated carbocycles. The first-order valence-corrected chi connectivity index (χ1v) is 7.67. The van der Waals surface area contributed by atoms with E-state index in [1.807, 2.05) is 13.1 Å². The zero-order chi connectivity index (χ0) is 15.0. The first-order valence-electron chi connectivity index (χ1n) is 7.67. The van der Waals surface area contributed by atoms with Crippen molar-refractivity contribution in [1.82, 2.24) is 9.97 Å². The summed E-state index contributed by atoms with van der Waals surface area (Å²) in [6.07, 6.45) is 6.19. The SMILES string of the molecule is CCCCCCCOc1cc(NC)nc(C(C)(C)C)n1. The molecular weight excluding hydrogens is 250 g/mol. The van der Waals surface area contributed by atoms with E-state index < -0.39 is 0 Å². The second kappa shape index (κ2) is 8.08. The van der Waals surface area contributed by atoms with Crippen LogP contribution in [0.5, 0.6) is 5.88 Å². The fraction of sp³-hybridized carbons (Fsp3) is 0.750. The molecule has 1 rings (SSSR count). The van der Waals surface area contributed by atoms with Crippen LogP contribution in [0, 0.1) is 0 Å². The second-order valence-corrected chi connectivity index (χ2v) is 6.18. The Labute approximate surface area is 123 Å². The number of nitrogens with one attached hydrogen (secondary N) is 1. The Hall–Kier alpha value is -1.32. The molecule has 0 fully saturated rings. The lowest BCUT2D eigenvalue weighted by Gasteiger charge is -2.18. The van der Waals surface area contributed by atoms with Crippen molar-refractivity contribution in [1.29, 1.82) is 0 Å². The van der Waals surface area contributed by atoms with Gasteiger partial charge in [-0.3, -0.25) is 0 Å². The van der Waals surface area contributed by atoms with E-state index in [0.717, 1.165) is 24.7 Å². The number of nitrogens with zero attached hydrogens (tertiary/aromatic N) is 2. The summed E-state index contributed by atoms with van der Waals surface area (Å²) in [5.74, 6) is 2.29. The topological polar surface area (TPSA) is 47.0 Å². The molecule has 0 amide bonds. The molecule has 0 aliphatic heterocycles. The minimum atomic E-state index is -0.0773. The van der Waals surface area contributed by atoms with E-state index in [0.29, 0.717) is 5.88 Å². The molecule has 1 heterocycles. The summed E-state index contributed by atoms with van der Waals surface area (Å²) in [6, 6.07) is 1.86. The highest BCUT2D eigenvalue weighted by Crippen LogP contribution is 2.23. The van der Waals surface area contributed by atoms with E-state index in [1.165, 1.54) is 25.7 Å². The molecule has 0 spiro atoms. The summed E-state index contributed by atoms with van der Waals surface area (Å²) >= 11 is 0. The van der Waals surface area contributed by atoms with E-state index in [9.17, 15) is 0 Å². The third kappa shape index (κ3) is 5.76. The summed E-state index contributed by atoms with van der Waals surface area (Å²) < 4.78 is 5.77. The maximum atomic E-state index is 5.77.